The number of benzene rings is 1. The second kappa shape index (κ2) is 9.18. The van der Waals surface area contributed by atoms with Gasteiger partial charge in [0.2, 0.25) is 5.91 Å². The molecule has 1 aromatic carbocycles. The van der Waals surface area contributed by atoms with Crippen LogP contribution in [0.2, 0.25) is 0 Å². The number of carbonyl (C=O) groups excluding carboxylic acids is 1. The highest BCUT2D eigenvalue weighted by molar-refractivity contribution is 9.10. The minimum absolute atomic E-state index is 0.184. The van der Waals surface area contributed by atoms with Crippen LogP contribution < -0.4 is 5.32 Å². The van der Waals surface area contributed by atoms with Crippen LogP contribution in [0.5, 0.6) is 0 Å². The molecule has 1 saturated heterocycles. The van der Waals surface area contributed by atoms with Crippen LogP contribution in [0.25, 0.3) is 6.08 Å². The van der Waals surface area contributed by atoms with Crippen molar-refractivity contribution in [1.29, 1.82) is 0 Å². The van der Waals surface area contributed by atoms with Gasteiger partial charge in [-0.05, 0) is 57.0 Å². The van der Waals surface area contributed by atoms with Gasteiger partial charge in [0.1, 0.15) is 5.82 Å². The van der Waals surface area contributed by atoms with Crippen LogP contribution in [-0.4, -0.2) is 36.5 Å². The molecule has 0 aliphatic carbocycles. The molecule has 1 heterocycles. The average molecular weight is 383 g/mol. The van der Waals surface area contributed by atoms with E-state index in [4.69, 9.17) is 0 Å². The highest BCUT2D eigenvalue weighted by Gasteiger charge is 2.17. The van der Waals surface area contributed by atoms with Gasteiger partial charge in [0, 0.05) is 35.2 Å². The molecule has 0 aromatic heterocycles. The van der Waals surface area contributed by atoms with E-state index in [0.29, 0.717) is 18.2 Å². The van der Waals surface area contributed by atoms with Crippen molar-refractivity contribution in [2.24, 2.45) is 0 Å². The number of amides is 1. The fourth-order valence-electron chi connectivity index (χ4n) is 2.85. The zero-order valence-electron chi connectivity index (χ0n) is 13.5. The van der Waals surface area contributed by atoms with Gasteiger partial charge in [-0.15, -0.1) is 0 Å². The molecule has 3 nitrogen and oxygen atoms in total. The third kappa shape index (κ3) is 6.07. The first-order valence-corrected chi connectivity index (χ1v) is 9.00. The molecule has 1 atom stereocenters. The van der Waals surface area contributed by atoms with Crippen LogP contribution in [0.3, 0.4) is 0 Å². The maximum Gasteiger partial charge on any atom is 0.244 e. The van der Waals surface area contributed by atoms with Gasteiger partial charge in [-0.1, -0.05) is 22.4 Å². The van der Waals surface area contributed by atoms with Gasteiger partial charge in [-0.25, -0.2) is 4.39 Å². The van der Waals surface area contributed by atoms with Gasteiger partial charge in [0.05, 0.1) is 0 Å². The summed E-state index contributed by atoms with van der Waals surface area (Å²) in [6, 6.07) is 5.31. The minimum atomic E-state index is -0.337. The topological polar surface area (TPSA) is 32.3 Å². The van der Waals surface area contributed by atoms with E-state index in [1.807, 2.05) is 0 Å². The summed E-state index contributed by atoms with van der Waals surface area (Å²) in [5, 5.41) is 2.85. The maximum absolute atomic E-state index is 13.6. The van der Waals surface area contributed by atoms with Gasteiger partial charge < -0.3 is 10.2 Å². The van der Waals surface area contributed by atoms with Crippen molar-refractivity contribution in [1.82, 2.24) is 10.2 Å². The predicted octanol–water partition coefficient (Wildman–Crippen LogP) is 3.98. The average Bonchev–Trinajstić information content (AvgIpc) is 2.54. The molecule has 0 saturated carbocycles. The first-order chi connectivity index (χ1) is 11.1. The lowest BCUT2D eigenvalue weighted by atomic mass is 10.0. The zero-order valence-corrected chi connectivity index (χ0v) is 15.1. The molecule has 0 radical (unpaired) electrons. The zero-order chi connectivity index (χ0) is 16.7. The number of hydrogen-bond acceptors (Lipinski definition) is 2. The molecule has 0 spiro atoms. The van der Waals surface area contributed by atoms with Crippen molar-refractivity contribution >= 4 is 27.9 Å². The van der Waals surface area contributed by atoms with Crippen molar-refractivity contribution in [3.63, 3.8) is 0 Å². The Morgan fingerprint density at radius 3 is 3.09 bits per heavy atom. The largest absolute Gasteiger partial charge is 0.353 e. The summed E-state index contributed by atoms with van der Waals surface area (Å²) in [4.78, 5) is 14.3. The first kappa shape index (κ1) is 18.1. The smallest absolute Gasteiger partial charge is 0.244 e. The minimum Gasteiger partial charge on any atom is -0.353 e. The predicted molar refractivity (Wildman–Crippen MR) is 95.6 cm³/mol. The lowest BCUT2D eigenvalue weighted by Gasteiger charge is -2.33. The van der Waals surface area contributed by atoms with Crippen molar-refractivity contribution in [3.8, 4) is 0 Å². The third-order valence-electron chi connectivity index (χ3n) is 4.23. The molecule has 1 aliphatic heterocycles. The lowest BCUT2D eigenvalue weighted by molar-refractivity contribution is -0.116. The summed E-state index contributed by atoms with van der Waals surface area (Å²) in [5.74, 6) is -0.521. The monoisotopic (exact) mass is 382 g/mol. The summed E-state index contributed by atoms with van der Waals surface area (Å²) in [6.45, 7) is 5.10. The number of nitrogens with one attached hydrogen (secondary N) is 1. The van der Waals surface area contributed by atoms with E-state index in [1.54, 1.807) is 12.1 Å². The summed E-state index contributed by atoms with van der Waals surface area (Å²) in [7, 11) is 0. The van der Waals surface area contributed by atoms with Crippen molar-refractivity contribution in [2.45, 2.75) is 38.6 Å². The fraction of sp³-hybridized carbons (Fsp3) is 0.500. The van der Waals surface area contributed by atoms with Crippen LogP contribution in [0.15, 0.2) is 28.7 Å². The Bertz CT molecular complexity index is 562. The van der Waals surface area contributed by atoms with E-state index in [2.05, 4.69) is 33.1 Å². The van der Waals surface area contributed by atoms with Crippen LogP contribution in [-0.2, 0) is 4.79 Å². The van der Waals surface area contributed by atoms with Crippen molar-refractivity contribution < 1.29 is 9.18 Å². The second-order valence-corrected chi connectivity index (χ2v) is 6.94. The summed E-state index contributed by atoms with van der Waals surface area (Å²) < 4.78 is 14.3. The lowest BCUT2D eigenvalue weighted by Crippen LogP contribution is -2.39. The molecule has 0 unspecified atom stereocenters. The van der Waals surface area contributed by atoms with E-state index >= 15 is 0 Å². The number of hydrogen-bond donors (Lipinski definition) is 1. The Labute approximate surface area is 146 Å². The summed E-state index contributed by atoms with van der Waals surface area (Å²) in [5.41, 5.74) is 0.400. The van der Waals surface area contributed by atoms with Crippen LogP contribution in [0, 0.1) is 5.82 Å². The Morgan fingerprint density at radius 1 is 1.48 bits per heavy atom. The van der Waals surface area contributed by atoms with E-state index in [-0.39, 0.29) is 11.7 Å². The molecule has 0 bridgehead atoms. The number of rotatable bonds is 6. The highest BCUT2D eigenvalue weighted by Crippen LogP contribution is 2.17. The standard InChI is InChI=1S/C18H24BrFN2O/c1-14-5-2-3-11-22(14)12-4-10-21-18(23)9-6-15-13-16(19)7-8-17(15)20/h6-9,13-14H,2-5,10-12H2,1H3,(H,21,23)/b9-6+/t14-/m0/s1. The molecule has 23 heavy (non-hydrogen) atoms. The van der Waals surface area contributed by atoms with E-state index in [0.717, 1.165) is 24.0 Å². The van der Waals surface area contributed by atoms with E-state index in [1.165, 1.54) is 37.5 Å². The molecule has 2 rings (SSSR count). The normalized spacial score (nSPS) is 19.2. The number of carbonyl (C=O) groups is 1. The number of piperidine rings is 1. The molecular weight excluding hydrogens is 359 g/mol. The molecule has 1 N–H and O–H groups in total. The Kier molecular flexibility index (Phi) is 7.24. The summed E-state index contributed by atoms with van der Waals surface area (Å²) in [6.07, 6.45) is 7.70. The quantitative estimate of drug-likeness (QED) is 0.595. The van der Waals surface area contributed by atoms with Crippen molar-refractivity contribution in [2.75, 3.05) is 19.6 Å². The fourth-order valence-corrected chi connectivity index (χ4v) is 3.23. The Morgan fingerprint density at radius 2 is 2.30 bits per heavy atom. The first-order valence-electron chi connectivity index (χ1n) is 8.21. The highest BCUT2D eigenvalue weighted by atomic mass is 79.9. The molecular formula is C18H24BrFN2O. The Balaban J connectivity index is 1.70. The number of nitrogens with zero attached hydrogens (tertiary/aromatic N) is 1. The summed E-state index contributed by atoms with van der Waals surface area (Å²) >= 11 is 3.29. The number of halogens is 2. The van der Waals surface area contributed by atoms with Gasteiger partial charge in [0.15, 0.2) is 0 Å². The second-order valence-electron chi connectivity index (χ2n) is 6.02. The molecule has 126 valence electrons. The van der Waals surface area contributed by atoms with Gasteiger partial charge in [0.25, 0.3) is 0 Å². The number of likely N-dealkylation sites (tertiary alicyclic amines) is 1. The van der Waals surface area contributed by atoms with Gasteiger partial charge in [-0.3, -0.25) is 4.79 Å². The molecule has 1 fully saturated rings. The Hall–Kier alpha value is -1.20. The van der Waals surface area contributed by atoms with Crippen LogP contribution in [0.4, 0.5) is 4.39 Å². The molecule has 1 aromatic rings. The maximum atomic E-state index is 13.6. The van der Waals surface area contributed by atoms with Crippen molar-refractivity contribution in [3.05, 3.63) is 40.1 Å². The molecule has 1 aliphatic rings. The van der Waals surface area contributed by atoms with E-state index < -0.39 is 0 Å². The van der Waals surface area contributed by atoms with Crippen LogP contribution >= 0.6 is 15.9 Å². The SMILES string of the molecule is C[C@H]1CCCCN1CCCNC(=O)/C=C/c1cc(Br)ccc1F. The third-order valence-corrected chi connectivity index (χ3v) is 4.73. The van der Waals surface area contributed by atoms with Gasteiger partial charge in [-0.2, -0.15) is 0 Å². The van der Waals surface area contributed by atoms with Gasteiger partial charge >= 0.3 is 0 Å². The van der Waals surface area contributed by atoms with E-state index in [9.17, 15) is 9.18 Å². The molecule has 1 amide bonds. The molecule has 5 heteroatoms. The van der Waals surface area contributed by atoms with Crippen LogP contribution in [0.1, 0.15) is 38.2 Å².